The number of thioether (sulfide) groups is 1. The summed E-state index contributed by atoms with van der Waals surface area (Å²) in [5.41, 5.74) is 3.12. The zero-order valence-electron chi connectivity index (χ0n) is 17.8. The molecule has 0 unspecified atom stereocenters. The lowest BCUT2D eigenvalue weighted by atomic mass is 10.3. The van der Waals surface area contributed by atoms with Crippen molar-refractivity contribution < 1.29 is 4.79 Å². The molecule has 0 fully saturated rings. The summed E-state index contributed by atoms with van der Waals surface area (Å²) in [5.74, 6) is -0.200. The van der Waals surface area contributed by atoms with Crippen LogP contribution in [0, 0.1) is 18.3 Å². The molecule has 4 aromatic rings. The monoisotopic (exact) mass is 446 g/mol. The van der Waals surface area contributed by atoms with Crippen LogP contribution in [0.2, 0.25) is 0 Å². The van der Waals surface area contributed by atoms with Crippen molar-refractivity contribution >= 4 is 34.4 Å². The van der Waals surface area contributed by atoms with Crippen molar-refractivity contribution in [3.05, 3.63) is 70.6 Å². The third kappa shape index (κ3) is 4.05. The number of nitriles is 1. The fourth-order valence-corrected chi connectivity index (χ4v) is 4.40. The van der Waals surface area contributed by atoms with Gasteiger partial charge in [-0.3, -0.25) is 14.3 Å². The molecule has 0 saturated carbocycles. The fraction of sp³-hybridized carbons (Fsp3) is 0.217. The molecule has 8 nitrogen and oxygen atoms in total. The Kier molecular flexibility index (Phi) is 6.14. The van der Waals surface area contributed by atoms with E-state index in [0.717, 1.165) is 16.7 Å². The van der Waals surface area contributed by atoms with Gasteiger partial charge in [0.25, 0.3) is 5.56 Å². The molecule has 2 heterocycles. The number of carbonyl (C=O) groups is 1. The van der Waals surface area contributed by atoms with Crippen LogP contribution in [-0.4, -0.2) is 30.6 Å². The lowest BCUT2D eigenvalue weighted by Gasteiger charge is -2.07. The summed E-state index contributed by atoms with van der Waals surface area (Å²) in [7, 11) is 1.78. The molecule has 162 valence electrons. The SMILES string of the molecule is Cc1c(NC(=O)CSc2nc3ccccc3n2CCC#N)c(=O)n(-c2ccccc2)n1C. The molecular formula is C23H22N6O2S. The molecule has 2 aromatic carbocycles. The molecule has 2 aromatic heterocycles. The minimum absolute atomic E-state index is 0.0922. The van der Waals surface area contributed by atoms with Gasteiger partial charge < -0.3 is 9.88 Å². The first-order chi connectivity index (χ1) is 15.5. The first-order valence-corrected chi connectivity index (χ1v) is 11.1. The van der Waals surface area contributed by atoms with Gasteiger partial charge in [0.2, 0.25) is 5.91 Å². The average molecular weight is 447 g/mol. The predicted octanol–water partition coefficient (Wildman–Crippen LogP) is 3.48. The van der Waals surface area contributed by atoms with Crippen molar-refractivity contribution in [3.8, 4) is 11.8 Å². The molecule has 0 spiro atoms. The van der Waals surface area contributed by atoms with Gasteiger partial charge in [0.1, 0.15) is 5.69 Å². The van der Waals surface area contributed by atoms with E-state index < -0.39 is 0 Å². The van der Waals surface area contributed by atoms with Crippen LogP contribution in [0.3, 0.4) is 0 Å². The van der Waals surface area contributed by atoms with Crippen molar-refractivity contribution in [1.82, 2.24) is 18.9 Å². The second kappa shape index (κ2) is 9.16. The smallest absolute Gasteiger partial charge is 0.295 e. The van der Waals surface area contributed by atoms with E-state index in [1.54, 1.807) is 18.7 Å². The third-order valence-corrected chi connectivity index (χ3v) is 6.19. The van der Waals surface area contributed by atoms with Gasteiger partial charge in [0, 0.05) is 13.6 Å². The maximum atomic E-state index is 13.0. The van der Waals surface area contributed by atoms with Gasteiger partial charge in [-0.05, 0) is 31.2 Å². The van der Waals surface area contributed by atoms with Crippen LogP contribution in [0.1, 0.15) is 12.1 Å². The Balaban J connectivity index is 1.54. The van der Waals surface area contributed by atoms with Gasteiger partial charge in [-0.15, -0.1) is 0 Å². The first kappa shape index (κ1) is 21.5. The van der Waals surface area contributed by atoms with Gasteiger partial charge in [0.15, 0.2) is 5.16 Å². The molecule has 0 bridgehead atoms. The number of para-hydroxylation sites is 3. The fourth-order valence-electron chi connectivity index (χ4n) is 3.56. The van der Waals surface area contributed by atoms with E-state index in [1.807, 2.05) is 59.2 Å². The van der Waals surface area contributed by atoms with Crippen LogP contribution >= 0.6 is 11.8 Å². The van der Waals surface area contributed by atoms with E-state index in [1.165, 1.54) is 16.4 Å². The Labute approximate surface area is 189 Å². The van der Waals surface area contributed by atoms with Crippen LogP contribution in [0.5, 0.6) is 0 Å². The molecule has 1 N–H and O–H groups in total. The number of aryl methyl sites for hydroxylation is 1. The van der Waals surface area contributed by atoms with Crippen molar-refractivity contribution in [1.29, 1.82) is 5.26 Å². The lowest BCUT2D eigenvalue weighted by Crippen LogP contribution is -2.23. The van der Waals surface area contributed by atoms with Crippen molar-refractivity contribution in [3.63, 3.8) is 0 Å². The van der Waals surface area contributed by atoms with Crippen LogP contribution in [-0.2, 0) is 18.4 Å². The summed E-state index contributed by atoms with van der Waals surface area (Å²) in [6.45, 7) is 2.30. The largest absolute Gasteiger partial charge is 0.319 e. The summed E-state index contributed by atoms with van der Waals surface area (Å²) in [6, 6.07) is 19.1. The molecule has 0 aliphatic rings. The van der Waals surface area contributed by atoms with Gasteiger partial charge in [-0.25, -0.2) is 9.67 Å². The van der Waals surface area contributed by atoms with E-state index in [0.29, 0.717) is 23.8 Å². The molecule has 4 rings (SSSR count). The molecule has 0 atom stereocenters. The quantitative estimate of drug-likeness (QED) is 0.438. The van der Waals surface area contributed by atoms with Crippen molar-refractivity contribution in [2.45, 2.75) is 25.0 Å². The van der Waals surface area contributed by atoms with Gasteiger partial charge in [-0.1, -0.05) is 42.1 Å². The Hall–Kier alpha value is -3.77. The highest BCUT2D eigenvalue weighted by molar-refractivity contribution is 7.99. The number of benzene rings is 2. The molecule has 0 aliphatic heterocycles. The van der Waals surface area contributed by atoms with Crippen molar-refractivity contribution in [2.75, 3.05) is 11.1 Å². The van der Waals surface area contributed by atoms with Crippen LogP contribution in [0.15, 0.2) is 64.5 Å². The normalized spacial score (nSPS) is 10.9. The number of fused-ring (bicyclic) bond motifs is 1. The summed E-state index contributed by atoms with van der Waals surface area (Å²) < 4.78 is 5.20. The second-order valence-electron chi connectivity index (χ2n) is 7.22. The Bertz CT molecular complexity index is 1380. The number of nitrogens with zero attached hydrogens (tertiary/aromatic N) is 5. The minimum atomic E-state index is -0.292. The van der Waals surface area contributed by atoms with Gasteiger partial charge in [0.05, 0.1) is 40.7 Å². The number of amides is 1. The highest BCUT2D eigenvalue weighted by atomic mass is 32.2. The van der Waals surface area contributed by atoms with E-state index in [9.17, 15) is 9.59 Å². The van der Waals surface area contributed by atoms with Crippen LogP contribution in [0.4, 0.5) is 5.69 Å². The first-order valence-electron chi connectivity index (χ1n) is 10.1. The number of rotatable bonds is 7. The summed E-state index contributed by atoms with van der Waals surface area (Å²) in [5, 5.41) is 12.4. The molecular weight excluding hydrogens is 424 g/mol. The number of anilines is 1. The highest BCUT2D eigenvalue weighted by Gasteiger charge is 2.19. The number of hydrogen-bond donors (Lipinski definition) is 1. The number of imidazole rings is 1. The van der Waals surface area contributed by atoms with E-state index in [4.69, 9.17) is 5.26 Å². The number of aromatic nitrogens is 4. The Morgan fingerprint density at radius 1 is 1.16 bits per heavy atom. The molecule has 0 aliphatic carbocycles. The minimum Gasteiger partial charge on any atom is -0.319 e. The molecule has 9 heteroatoms. The summed E-state index contributed by atoms with van der Waals surface area (Å²) in [4.78, 5) is 30.3. The zero-order valence-corrected chi connectivity index (χ0v) is 18.6. The number of carbonyl (C=O) groups excluding carboxylic acids is 1. The highest BCUT2D eigenvalue weighted by Crippen LogP contribution is 2.25. The van der Waals surface area contributed by atoms with Gasteiger partial charge in [-0.2, -0.15) is 5.26 Å². The maximum absolute atomic E-state index is 13.0. The molecule has 0 radical (unpaired) electrons. The zero-order chi connectivity index (χ0) is 22.7. The van der Waals surface area contributed by atoms with Crippen LogP contribution in [0.25, 0.3) is 16.7 Å². The standard InChI is InChI=1S/C23H22N6O2S/c1-16-21(22(31)29(27(16)2)17-9-4-3-5-10-17)26-20(30)15-32-23-25-18-11-6-7-12-19(18)28(23)14-8-13-24/h3-7,9-12H,8,14-15H2,1-2H3,(H,26,30). The summed E-state index contributed by atoms with van der Waals surface area (Å²) in [6.07, 6.45) is 0.350. The lowest BCUT2D eigenvalue weighted by molar-refractivity contribution is -0.113. The average Bonchev–Trinajstić information content (AvgIpc) is 3.26. The second-order valence-corrected chi connectivity index (χ2v) is 8.16. The number of hydrogen-bond acceptors (Lipinski definition) is 5. The van der Waals surface area contributed by atoms with E-state index in [2.05, 4.69) is 16.4 Å². The molecule has 1 amide bonds. The molecule has 0 saturated heterocycles. The van der Waals surface area contributed by atoms with E-state index >= 15 is 0 Å². The van der Waals surface area contributed by atoms with Crippen molar-refractivity contribution in [2.24, 2.45) is 7.05 Å². The summed E-state index contributed by atoms with van der Waals surface area (Å²) >= 11 is 1.28. The predicted molar refractivity (Wildman–Crippen MR) is 125 cm³/mol. The Morgan fingerprint density at radius 2 is 1.88 bits per heavy atom. The Morgan fingerprint density at radius 3 is 2.62 bits per heavy atom. The van der Waals surface area contributed by atoms with Gasteiger partial charge >= 0.3 is 0 Å². The maximum Gasteiger partial charge on any atom is 0.295 e. The third-order valence-electron chi connectivity index (χ3n) is 5.22. The number of nitrogens with one attached hydrogen (secondary N) is 1. The van der Waals surface area contributed by atoms with E-state index in [-0.39, 0.29) is 22.9 Å². The molecule has 32 heavy (non-hydrogen) atoms. The topological polar surface area (TPSA) is 97.6 Å². The van der Waals surface area contributed by atoms with Crippen LogP contribution < -0.4 is 10.9 Å².